The number of amides is 2. The van der Waals surface area contributed by atoms with Crippen molar-refractivity contribution in [1.82, 2.24) is 5.48 Å². The van der Waals surface area contributed by atoms with E-state index < -0.39 is 5.91 Å². The van der Waals surface area contributed by atoms with E-state index in [9.17, 15) is 9.59 Å². The Kier molecular flexibility index (Phi) is 6.69. The molecule has 14 heavy (non-hydrogen) atoms. The number of hydroxylamine groups is 1. The van der Waals surface area contributed by atoms with E-state index in [4.69, 9.17) is 10.5 Å². The van der Waals surface area contributed by atoms with Crippen LogP contribution in [-0.2, 0) is 19.2 Å². The second-order valence-corrected chi connectivity index (χ2v) is 3.04. The fourth-order valence-electron chi connectivity index (χ4n) is 0.889. The highest BCUT2D eigenvalue weighted by Crippen LogP contribution is 2.00. The minimum absolute atomic E-state index is 0.108. The number of methoxy groups -OCH3 is 1. The van der Waals surface area contributed by atoms with Crippen LogP contribution in [0.15, 0.2) is 0 Å². The Balaban J connectivity index is 3.50. The van der Waals surface area contributed by atoms with Crippen LogP contribution in [0.4, 0.5) is 0 Å². The number of carbonyl (C=O) groups is 2. The van der Waals surface area contributed by atoms with Crippen molar-refractivity contribution in [3.05, 3.63) is 0 Å². The maximum atomic E-state index is 11.1. The molecule has 0 aliphatic carbocycles. The zero-order chi connectivity index (χ0) is 11.0. The number of rotatable bonds is 7. The van der Waals surface area contributed by atoms with Crippen molar-refractivity contribution in [2.24, 2.45) is 11.7 Å². The fraction of sp³-hybridized carbons (Fsp3) is 0.750. The number of ether oxygens (including phenoxy) is 1. The van der Waals surface area contributed by atoms with Crippen LogP contribution < -0.4 is 11.2 Å². The Morgan fingerprint density at radius 2 is 2.14 bits per heavy atom. The third kappa shape index (κ3) is 7.51. The molecular formula is C8H16N2O4. The molecule has 0 saturated heterocycles. The van der Waals surface area contributed by atoms with Crippen LogP contribution in [-0.4, -0.2) is 32.1 Å². The van der Waals surface area contributed by atoms with Crippen LogP contribution in [0, 0.1) is 5.92 Å². The molecule has 3 N–H and O–H groups in total. The van der Waals surface area contributed by atoms with Gasteiger partial charge >= 0.3 is 0 Å². The monoisotopic (exact) mass is 204 g/mol. The molecule has 0 aliphatic heterocycles. The molecule has 6 heteroatoms. The highest BCUT2D eigenvalue weighted by atomic mass is 16.7. The lowest BCUT2D eigenvalue weighted by molar-refractivity contribution is -0.138. The summed E-state index contributed by atoms with van der Waals surface area (Å²) in [6.07, 6.45) is 0.284. The lowest BCUT2D eigenvalue weighted by atomic mass is 10.1. The number of hydrogen-bond acceptors (Lipinski definition) is 4. The molecule has 0 radical (unpaired) electrons. The Morgan fingerprint density at radius 3 is 2.64 bits per heavy atom. The van der Waals surface area contributed by atoms with Gasteiger partial charge in [0.15, 0.2) is 6.61 Å². The molecular weight excluding hydrogens is 188 g/mol. The minimum atomic E-state index is -0.629. The van der Waals surface area contributed by atoms with E-state index in [0.717, 1.165) is 0 Å². The van der Waals surface area contributed by atoms with E-state index in [1.807, 2.05) is 6.92 Å². The lowest BCUT2D eigenvalue weighted by Gasteiger charge is -2.09. The van der Waals surface area contributed by atoms with Crippen molar-refractivity contribution in [1.29, 1.82) is 0 Å². The second-order valence-electron chi connectivity index (χ2n) is 3.04. The van der Waals surface area contributed by atoms with Gasteiger partial charge in [-0.1, -0.05) is 6.92 Å². The van der Waals surface area contributed by atoms with Crippen molar-refractivity contribution < 1.29 is 19.2 Å². The van der Waals surface area contributed by atoms with Gasteiger partial charge in [-0.3, -0.25) is 14.4 Å². The molecule has 0 heterocycles. The highest BCUT2D eigenvalue weighted by Gasteiger charge is 2.08. The molecule has 0 aromatic rings. The van der Waals surface area contributed by atoms with Gasteiger partial charge in [-0.05, 0) is 5.92 Å². The number of nitrogens with one attached hydrogen (secondary N) is 1. The van der Waals surface area contributed by atoms with E-state index in [1.165, 1.54) is 0 Å². The van der Waals surface area contributed by atoms with Crippen LogP contribution >= 0.6 is 0 Å². The molecule has 0 aromatic heterocycles. The Labute approximate surface area is 82.7 Å². The molecule has 1 unspecified atom stereocenters. The van der Waals surface area contributed by atoms with Crippen molar-refractivity contribution in [3.8, 4) is 0 Å². The smallest absolute Gasteiger partial charge is 0.246 e. The molecule has 0 saturated carbocycles. The summed E-state index contributed by atoms with van der Waals surface area (Å²) in [5, 5.41) is 0. The first kappa shape index (κ1) is 12.9. The Hall–Kier alpha value is -1.14. The van der Waals surface area contributed by atoms with E-state index in [-0.39, 0.29) is 24.9 Å². The summed E-state index contributed by atoms with van der Waals surface area (Å²) in [6.45, 7) is 2.06. The van der Waals surface area contributed by atoms with E-state index in [2.05, 4.69) is 10.3 Å². The Bertz CT molecular complexity index is 196. The van der Waals surface area contributed by atoms with Gasteiger partial charge in [0.1, 0.15) is 0 Å². The number of nitrogens with two attached hydrogens (primary N) is 1. The molecule has 6 nitrogen and oxygen atoms in total. The summed E-state index contributed by atoms with van der Waals surface area (Å²) in [4.78, 5) is 25.8. The average molecular weight is 204 g/mol. The normalized spacial score (nSPS) is 12.1. The topological polar surface area (TPSA) is 90.7 Å². The summed E-state index contributed by atoms with van der Waals surface area (Å²) >= 11 is 0. The molecule has 0 aliphatic rings. The van der Waals surface area contributed by atoms with Crippen LogP contribution in [0.5, 0.6) is 0 Å². The molecule has 0 spiro atoms. The first-order valence-corrected chi connectivity index (χ1v) is 4.24. The summed E-state index contributed by atoms with van der Waals surface area (Å²) < 4.78 is 4.85. The molecule has 1 atom stereocenters. The minimum Gasteiger partial charge on any atom is -0.384 e. The number of hydrogen-bond donors (Lipinski definition) is 2. The molecule has 0 aromatic carbocycles. The van der Waals surface area contributed by atoms with Gasteiger partial charge < -0.3 is 10.5 Å². The van der Waals surface area contributed by atoms with Crippen LogP contribution in [0.1, 0.15) is 13.3 Å². The van der Waals surface area contributed by atoms with Crippen LogP contribution in [0.25, 0.3) is 0 Å². The molecule has 2 amide bonds. The largest absolute Gasteiger partial charge is 0.384 e. The zero-order valence-corrected chi connectivity index (χ0v) is 8.41. The summed E-state index contributed by atoms with van der Waals surface area (Å²) in [5.74, 6) is -0.816. The SMILES string of the molecule is COCC(C)CC(=O)NOCC(N)=O. The first-order chi connectivity index (χ1) is 6.56. The average Bonchev–Trinajstić information content (AvgIpc) is 2.03. The van der Waals surface area contributed by atoms with Gasteiger partial charge in [0, 0.05) is 20.1 Å². The summed E-state index contributed by atoms with van der Waals surface area (Å²) in [7, 11) is 1.57. The quantitative estimate of drug-likeness (QED) is 0.531. The molecule has 82 valence electrons. The van der Waals surface area contributed by atoms with E-state index >= 15 is 0 Å². The van der Waals surface area contributed by atoms with Gasteiger partial charge in [-0.25, -0.2) is 5.48 Å². The predicted octanol–water partition coefficient (Wildman–Crippen LogP) is -0.808. The lowest BCUT2D eigenvalue weighted by Crippen LogP contribution is -2.30. The maximum Gasteiger partial charge on any atom is 0.246 e. The van der Waals surface area contributed by atoms with Crippen molar-refractivity contribution in [2.45, 2.75) is 13.3 Å². The highest BCUT2D eigenvalue weighted by molar-refractivity contribution is 5.77. The van der Waals surface area contributed by atoms with Crippen molar-refractivity contribution in [3.63, 3.8) is 0 Å². The first-order valence-electron chi connectivity index (χ1n) is 4.24. The Morgan fingerprint density at radius 1 is 1.50 bits per heavy atom. The summed E-state index contributed by atoms with van der Waals surface area (Å²) in [6, 6.07) is 0. The summed E-state index contributed by atoms with van der Waals surface area (Å²) in [5.41, 5.74) is 6.90. The van der Waals surface area contributed by atoms with Gasteiger partial charge in [-0.2, -0.15) is 0 Å². The van der Waals surface area contributed by atoms with Gasteiger partial charge in [0.05, 0.1) is 0 Å². The van der Waals surface area contributed by atoms with Gasteiger partial charge in [0.2, 0.25) is 11.8 Å². The van der Waals surface area contributed by atoms with Crippen LogP contribution in [0.2, 0.25) is 0 Å². The number of carbonyl (C=O) groups excluding carboxylic acids is 2. The molecule has 0 rings (SSSR count). The third-order valence-electron chi connectivity index (χ3n) is 1.39. The van der Waals surface area contributed by atoms with E-state index in [1.54, 1.807) is 7.11 Å². The van der Waals surface area contributed by atoms with Crippen molar-refractivity contribution in [2.75, 3.05) is 20.3 Å². The fourth-order valence-corrected chi connectivity index (χ4v) is 0.889. The van der Waals surface area contributed by atoms with Gasteiger partial charge in [-0.15, -0.1) is 0 Å². The second kappa shape index (κ2) is 7.28. The van der Waals surface area contributed by atoms with Crippen LogP contribution in [0.3, 0.4) is 0 Å². The number of primary amides is 1. The predicted molar refractivity (Wildman–Crippen MR) is 48.9 cm³/mol. The van der Waals surface area contributed by atoms with Crippen molar-refractivity contribution >= 4 is 11.8 Å². The zero-order valence-electron chi connectivity index (χ0n) is 8.41. The standard InChI is InChI=1S/C8H16N2O4/c1-6(4-13-2)3-8(12)10-14-5-7(9)11/h6H,3-5H2,1-2H3,(H2,9,11)(H,10,12). The maximum absolute atomic E-state index is 11.1. The molecule has 0 fully saturated rings. The molecule has 0 bridgehead atoms. The third-order valence-corrected chi connectivity index (χ3v) is 1.39. The van der Waals surface area contributed by atoms with Gasteiger partial charge in [0.25, 0.3) is 0 Å². The van der Waals surface area contributed by atoms with E-state index in [0.29, 0.717) is 6.61 Å².